The van der Waals surface area contributed by atoms with Crippen LogP contribution in [0.1, 0.15) is 25.2 Å². The van der Waals surface area contributed by atoms with Crippen molar-refractivity contribution >= 4 is 45.2 Å². The van der Waals surface area contributed by atoms with Crippen molar-refractivity contribution in [3.8, 4) is 5.75 Å². The Morgan fingerprint density at radius 3 is 2.60 bits per heavy atom. The Balaban J connectivity index is 1.93. The Hall–Kier alpha value is -2.30. The number of aromatic nitrogens is 2. The van der Waals surface area contributed by atoms with Gasteiger partial charge in [0.2, 0.25) is 0 Å². The number of nitrogens with one attached hydrogen (secondary N) is 1. The lowest BCUT2D eigenvalue weighted by Gasteiger charge is -2.09. The maximum Gasteiger partial charge on any atom is 0.259 e. The van der Waals surface area contributed by atoms with Crippen LogP contribution in [-0.2, 0) is 0 Å². The van der Waals surface area contributed by atoms with Gasteiger partial charge in [-0.3, -0.25) is 4.79 Å². The van der Waals surface area contributed by atoms with Crippen LogP contribution < -0.4 is 10.3 Å². The predicted molar refractivity (Wildman–Crippen MR) is 103 cm³/mol. The zero-order chi connectivity index (χ0) is 18.0. The van der Waals surface area contributed by atoms with Gasteiger partial charge in [-0.15, -0.1) is 0 Å². The first kappa shape index (κ1) is 17.5. The van der Waals surface area contributed by atoms with E-state index in [4.69, 9.17) is 27.9 Å². The molecule has 0 fully saturated rings. The molecular weight excluding hydrogens is 359 g/mol. The molecule has 0 aliphatic rings. The van der Waals surface area contributed by atoms with E-state index in [2.05, 4.69) is 9.97 Å². The second-order valence-electron chi connectivity index (χ2n) is 5.80. The molecule has 1 heterocycles. The van der Waals surface area contributed by atoms with Gasteiger partial charge in [0.1, 0.15) is 5.75 Å². The third-order valence-corrected chi connectivity index (χ3v) is 3.96. The van der Waals surface area contributed by atoms with Crippen molar-refractivity contribution in [3.63, 3.8) is 0 Å². The molecule has 1 N–H and O–H groups in total. The molecule has 0 bridgehead atoms. The highest BCUT2D eigenvalue weighted by molar-refractivity contribution is 6.50. The van der Waals surface area contributed by atoms with Crippen molar-refractivity contribution in [1.82, 2.24) is 9.97 Å². The van der Waals surface area contributed by atoms with Crippen LogP contribution in [0.25, 0.3) is 22.0 Å². The Bertz CT molecular complexity index is 992. The van der Waals surface area contributed by atoms with E-state index in [1.165, 1.54) is 0 Å². The van der Waals surface area contributed by atoms with Crippen LogP contribution in [0.4, 0.5) is 0 Å². The van der Waals surface area contributed by atoms with Gasteiger partial charge < -0.3 is 9.72 Å². The fourth-order valence-electron chi connectivity index (χ4n) is 2.35. The zero-order valence-electron chi connectivity index (χ0n) is 13.7. The van der Waals surface area contributed by atoms with Crippen molar-refractivity contribution in [3.05, 3.63) is 69.2 Å². The van der Waals surface area contributed by atoms with Crippen LogP contribution in [0.2, 0.25) is 5.02 Å². The van der Waals surface area contributed by atoms with Crippen molar-refractivity contribution in [2.75, 3.05) is 0 Å². The lowest BCUT2D eigenvalue weighted by Crippen LogP contribution is -2.10. The standard InChI is InChI=1S/C19H16Cl2N2O2/c1-11(2)25-14-6-3-12(4-7-14)9-16(21)18-22-17-8-5-13(20)10-15(17)19(24)23-18/h3-11H,1-2H3,(H,22,23,24)/b16-9-. The third-order valence-electron chi connectivity index (χ3n) is 3.44. The molecule has 0 saturated heterocycles. The molecule has 1 aromatic heterocycles. The van der Waals surface area contributed by atoms with E-state index in [1.54, 1.807) is 24.3 Å². The number of hydrogen-bond donors (Lipinski definition) is 1. The molecule has 4 nitrogen and oxygen atoms in total. The van der Waals surface area contributed by atoms with Crippen molar-refractivity contribution < 1.29 is 4.74 Å². The SMILES string of the molecule is CC(C)Oc1ccc(/C=C(\Cl)c2nc3ccc(Cl)cc3c(=O)[nH]2)cc1. The Morgan fingerprint density at radius 1 is 1.20 bits per heavy atom. The van der Waals surface area contributed by atoms with Crippen LogP contribution >= 0.6 is 23.2 Å². The van der Waals surface area contributed by atoms with E-state index in [1.807, 2.05) is 38.1 Å². The summed E-state index contributed by atoms with van der Waals surface area (Å²) in [6, 6.07) is 12.5. The minimum absolute atomic E-state index is 0.116. The maximum atomic E-state index is 12.2. The molecule has 0 spiro atoms. The maximum absolute atomic E-state index is 12.2. The topological polar surface area (TPSA) is 55.0 Å². The molecule has 128 valence electrons. The number of H-pyrrole nitrogens is 1. The second kappa shape index (κ2) is 7.30. The first-order valence-corrected chi connectivity index (χ1v) is 8.52. The van der Waals surface area contributed by atoms with Gasteiger partial charge in [-0.05, 0) is 55.8 Å². The van der Waals surface area contributed by atoms with Crippen LogP contribution in [0.15, 0.2) is 47.3 Å². The van der Waals surface area contributed by atoms with Crippen LogP contribution in [-0.4, -0.2) is 16.1 Å². The normalized spacial score (nSPS) is 12.0. The molecule has 25 heavy (non-hydrogen) atoms. The molecule has 0 unspecified atom stereocenters. The van der Waals surface area contributed by atoms with Gasteiger partial charge in [-0.2, -0.15) is 0 Å². The van der Waals surface area contributed by atoms with Gasteiger partial charge >= 0.3 is 0 Å². The molecule has 0 amide bonds. The second-order valence-corrected chi connectivity index (χ2v) is 6.65. The quantitative estimate of drug-likeness (QED) is 0.690. The number of aromatic amines is 1. The number of rotatable bonds is 4. The number of fused-ring (bicyclic) bond motifs is 1. The fourth-order valence-corrected chi connectivity index (χ4v) is 2.74. The van der Waals surface area contributed by atoms with Crippen LogP contribution in [0, 0.1) is 0 Å². The number of halogens is 2. The van der Waals surface area contributed by atoms with Gasteiger partial charge in [0.05, 0.1) is 22.0 Å². The van der Waals surface area contributed by atoms with Crippen molar-refractivity contribution in [1.29, 1.82) is 0 Å². The summed E-state index contributed by atoms with van der Waals surface area (Å²) < 4.78 is 5.61. The molecule has 0 radical (unpaired) electrons. The first-order chi connectivity index (χ1) is 11.9. The lowest BCUT2D eigenvalue weighted by atomic mass is 10.2. The zero-order valence-corrected chi connectivity index (χ0v) is 15.2. The van der Waals surface area contributed by atoms with Crippen molar-refractivity contribution in [2.45, 2.75) is 20.0 Å². The predicted octanol–water partition coefficient (Wildman–Crippen LogP) is 5.10. The minimum atomic E-state index is -0.283. The average Bonchev–Trinajstić information content (AvgIpc) is 2.56. The number of ether oxygens (including phenoxy) is 1. The number of benzene rings is 2. The monoisotopic (exact) mass is 374 g/mol. The molecule has 3 aromatic rings. The van der Waals surface area contributed by atoms with E-state index in [0.717, 1.165) is 11.3 Å². The fraction of sp³-hybridized carbons (Fsp3) is 0.158. The largest absolute Gasteiger partial charge is 0.491 e. The highest BCUT2D eigenvalue weighted by Gasteiger charge is 2.07. The third kappa shape index (κ3) is 4.21. The van der Waals surface area contributed by atoms with E-state index >= 15 is 0 Å². The Kier molecular flexibility index (Phi) is 5.11. The van der Waals surface area contributed by atoms with Crippen LogP contribution in [0.3, 0.4) is 0 Å². The average molecular weight is 375 g/mol. The highest BCUT2D eigenvalue weighted by Crippen LogP contribution is 2.22. The summed E-state index contributed by atoms with van der Waals surface area (Å²) in [7, 11) is 0. The summed E-state index contributed by atoms with van der Waals surface area (Å²) in [5, 5.41) is 1.25. The molecule has 0 atom stereocenters. The summed E-state index contributed by atoms with van der Waals surface area (Å²) >= 11 is 12.3. The van der Waals surface area contributed by atoms with E-state index in [0.29, 0.717) is 26.8 Å². The van der Waals surface area contributed by atoms with Gasteiger partial charge in [-0.1, -0.05) is 35.3 Å². The molecule has 6 heteroatoms. The minimum Gasteiger partial charge on any atom is -0.491 e. The van der Waals surface area contributed by atoms with Gasteiger partial charge in [0.15, 0.2) is 5.82 Å². The van der Waals surface area contributed by atoms with Gasteiger partial charge in [-0.25, -0.2) is 4.98 Å². The van der Waals surface area contributed by atoms with Crippen LogP contribution in [0.5, 0.6) is 5.75 Å². The lowest BCUT2D eigenvalue weighted by molar-refractivity contribution is 0.242. The molecule has 2 aromatic carbocycles. The smallest absolute Gasteiger partial charge is 0.259 e. The van der Waals surface area contributed by atoms with Gasteiger partial charge in [0.25, 0.3) is 5.56 Å². The Morgan fingerprint density at radius 2 is 1.92 bits per heavy atom. The summed E-state index contributed by atoms with van der Waals surface area (Å²) in [4.78, 5) is 19.3. The Labute approximate surface area is 155 Å². The summed E-state index contributed by atoms with van der Waals surface area (Å²) in [5.74, 6) is 1.10. The molecule has 0 aliphatic heterocycles. The molecule has 0 aliphatic carbocycles. The molecular formula is C19H16Cl2N2O2. The van der Waals surface area contributed by atoms with Crippen molar-refractivity contribution in [2.24, 2.45) is 0 Å². The molecule has 3 rings (SSSR count). The summed E-state index contributed by atoms with van der Waals surface area (Å²) in [5.41, 5.74) is 1.13. The number of nitrogens with zero attached hydrogens (tertiary/aromatic N) is 1. The summed E-state index contributed by atoms with van der Waals surface area (Å²) in [6.07, 6.45) is 1.85. The summed E-state index contributed by atoms with van der Waals surface area (Å²) in [6.45, 7) is 3.94. The first-order valence-electron chi connectivity index (χ1n) is 7.76. The van der Waals surface area contributed by atoms with Gasteiger partial charge in [0, 0.05) is 5.02 Å². The van der Waals surface area contributed by atoms with E-state index in [-0.39, 0.29) is 11.7 Å². The molecule has 0 saturated carbocycles. The number of hydrogen-bond acceptors (Lipinski definition) is 3. The highest BCUT2D eigenvalue weighted by atomic mass is 35.5. The van der Waals surface area contributed by atoms with E-state index in [9.17, 15) is 4.79 Å². The van der Waals surface area contributed by atoms with E-state index < -0.39 is 0 Å².